The SMILES string of the molecule is CCCC(C)C(=O)Nc1ccc(Br)nc1C. The van der Waals surface area contributed by atoms with Crippen LogP contribution in [0.3, 0.4) is 0 Å². The van der Waals surface area contributed by atoms with Gasteiger partial charge in [-0.25, -0.2) is 4.98 Å². The number of carbonyl (C=O) groups is 1. The number of rotatable bonds is 4. The first kappa shape index (κ1) is 13.2. The lowest BCUT2D eigenvalue weighted by atomic mass is 10.1. The maximum atomic E-state index is 11.8. The number of nitrogens with one attached hydrogen (secondary N) is 1. The smallest absolute Gasteiger partial charge is 0.227 e. The van der Waals surface area contributed by atoms with Crippen molar-refractivity contribution in [3.05, 3.63) is 22.4 Å². The molecular weight excluding hydrogens is 268 g/mol. The Labute approximate surface area is 105 Å². The Bertz CT molecular complexity index is 379. The van der Waals surface area contributed by atoms with Gasteiger partial charge in [0.1, 0.15) is 4.60 Å². The second-order valence-electron chi connectivity index (χ2n) is 3.95. The predicted octanol–water partition coefficient (Wildman–Crippen LogP) is 3.53. The molecule has 1 unspecified atom stereocenters. The molecule has 1 heterocycles. The van der Waals surface area contributed by atoms with E-state index in [1.807, 2.05) is 26.0 Å². The molecule has 0 radical (unpaired) electrons. The molecule has 1 rings (SSSR count). The maximum absolute atomic E-state index is 11.8. The van der Waals surface area contributed by atoms with E-state index in [9.17, 15) is 4.79 Å². The summed E-state index contributed by atoms with van der Waals surface area (Å²) < 4.78 is 0.782. The fourth-order valence-electron chi connectivity index (χ4n) is 1.48. The Kier molecular flexibility index (Phi) is 4.93. The van der Waals surface area contributed by atoms with E-state index in [-0.39, 0.29) is 11.8 Å². The number of amides is 1. The lowest BCUT2D eigenvalue weighted by Gasteiger charge is -2.12. The summed E-state index contributed by atoms with van der Waals surface area (Å²) in [5.74, 6) is 0.113. The van der Waals surface area contributed by atoms with Crippen molar-refractivity contribution in [3.63, 3.8) is 0 Å². The minimum atomic E-state index is 0.0491. The van der Waals surface area contributed by atoms with Crippen molar-refractivity contribution in [1.82, 2.24) is 4.98 Å². The molecule has 88 valence electrons. The fraction of sp³-hybridized carbons (Fsp3) is 0.500. The van der Waals surface area contributed by atoms with Gasteiger partial charge in [-0.2, -0.15) is 0 Å². The molecule has 1 aromatic heterocycles. The lowest BCUT2D eigenvalue weighted by Crippen LogP contribution is -2.20. The van der Waals surface area contributed by atoms with Crippen molar-refractivity contribution in [2.75, 3.05) is 5.32 Å². The van der Waals surface area contributed by atoms with Gasteiger partial charge in [-0.15, -0.1) is 0 Å². The van der Waals surface area contributed by atoms with Crippen LogP contribution in [-0.2, 0) is 4.79 Å². The largest absolute Gasteiger partial charge is 0.324 e. The summed E-state index contributed by atoms with van der Waals surface area (Å²) in [6.07, 6.45) is 1.93. The summed E-state index contributed by atoms with van der Waals surface area (Å²) in [4.78, 5) is 16.0. The van der Waals surface area contributed by atoms with Crippen LogP contribution < -0.4 is 5.32 Å². The number of halogens is 1. The molecule has 0 spiro atoms. The van der Waals surface area contributed by atoms with Gasteiger partial charge in [0.05, 0.1) is 11.4 Å². The van der Waals surface area contributed by atoms with Crippen LogP contribution in [-0.4, -0.2) is 10.9 Å². The third-order valence-corrected chi connectivity index (χ3v) is 2.92. The van der Waals surface area contributed by atoms with Gasteiger partial charge in [0, 0.05) is 5.92 Å². The molecular formula is C12H17BrN2O. The second kappa shape index (κ2) is 5.99. The van der Waals surface area contributed by atoms with Crippen molar-refractivity contribution in [2.45, 2.75) is 33.6 Å². The van der Waals surface area contributed by atoms with Gasteiger partial charge in [-0.05, 0) is 41.4 Å². The number of hydrogen-bond acceptors (Lipinski definition) is 2. The average Bonchev–Trinajstić information content (AvgIpc) is 2.22. The number of aromatic nitrogens is 1. The Hall–Kier alpha value is -0.900. The van der Waals surface area contributed by atoms with Crippen molar-refractivity contribution in [3.8, 4) is 0 Å². The van der Waals surface area contributed by atoms with Crippen LogP contribution in [0.5, 0.6) is 0 Å². The summed E-state index contributed by atoms with van der Waals surface area (Å²) in [6.45, 7) is 5.90. The number of anilines is 1. The van der Waals surface area contributed by atoms with Gasteiger partial charge < -0.3 is 5.32 Å². The normalized spacial score (nSPS) is 12.2. The molecule has 0 saturated carbocycles. The summed E-state index contributed by atoms with van der Waals surface area (Å²) in [7, 11) is 0. The molecule has 0 bridgehead atoms. The quantitative estimate of drug-likeness (QED) is 0.860. The molecule has 1 amide bonds. The van der Waals surface area contributed by atoms with Gasteiger partial charge in [0.15, 0.2) is 0 Å². The van der Waals surface area contributed by atoms with Crippen LogP contribution >= 0.6 is 15.9 Å². The van der Waals surface area contributed by atoms with Gasteiger partial charge in [-0.3, -0.25) is 4.79 Å². The average molecular weight is 285 g/mol. The van der Waals surface area contributed by atoms with Gasteiger partial charge in [-0.1, -0.05) is 20.3 Å². The molecule has 0 saturated heterocycles. The van der Waals surface area contributed by atoms with E-state index < -0.39 is 0 Å². The number of pyridine rings is 1. The molecule has 1 atom stereocenters. The lowest BCUT2D eigenvalue weighted by molar-refractivity contribution is -0.119. The third-order valence-electron chi connectivity index (χ3n) is 2.48. The summed E-state index contributed by atoms with van der Waals surface area (Å²) >= 11 is 3.29. The summed E-state index contributed by atoms with van der Waals surface area (Å²) in [5, 5.41) is 2.90. The van der Waals surface area contributed by atoms with Gasteiger partial charge >= 0.3 is 0 Å². The fourth-order valence-corrected chi connectivity index (χ4v) is 1.88. The van der Waals surface area contributed by atoms with Crippen LogP contribution in [0, 0.1) is 12.8 Å². The van der Waals surface area contributed by atoms with Crippen LogP contribution in [0.4, 0.5) is 5.69 Å². The molecule has 0 aliphatic heterocycles. The highest BCUT2D eigenvalue weighted by Crippen LogP contribution is 2.17. The minimum Gasteiger partial charge on any atom is -0.324 e. The van der Waals surface area contributed by atoms with Crippen molar-refractivity contribution >= 4 is 27.5 Å². The first-order chi connectivity index (χ1) is 7.54. The van der Waals surface area contributed by atoms with Crippen LogP contribution in [0.2, 0.25) is 0 Å². The van der Waals surface area contributed by atoms with E-state index in [1.54, 1.807) is 0 Å². The monoisotopic (exact) mass is 284 g/mol. The molecule has 1 N–H and O–H groups in total. The second-order valence-corrected chi connectivity index (χ2v) is 4.76. The molecule has 4 heteroatoms. The van der Waals surface area contributed by atoms with Crippen LogP contribution in [0.25, 0.3) is 0 Å². The van der Waals surface area contributed by atoms with Gasteiger partial charge in [0.25, 0.3) is 0 Å². The molecule has 1 aromatic rings. The Morgan fingerprint density at radius 3 is 2.81 bits per heavy atom. The molecule has 0 fully saturated rings. The van der Waals surface area contributed by atoms with Crippen LogP contribution in [0.15, 0.2) is 16.7 Å². The number of aryl methyl sites for hydroxylation is 1. The first-order valence-corrected chi connectivity index (χ1v) is 6.28. The third kappa shape index (κ3) is 3.59. The highest BCUT2D eigenvalue weighted by atomic mass is 79.9. The van der Waals surface area contributed by atoms with Gasteiger partial charge in [0.2, 0.25) is 5.91 Å². The van der Waals surface area contributed by atoms with Crippen molar-refractivity contribution in [2.24, 2.45) is 5.92 Å². The zero-order chi connectivity index (χ0) is 12.1. The Balaban J connectivity index is 2.69. The van der Waals surface area contributed by atoms with E-state index in [4.69, 9.17) is 0 Å². The highest BCUT2D eigenvalue weighted by molar-refractivity contribution is 9.10. The molecule has 16 heavy (non-hydrogen) atoms. The zero-order valence-electron chi connectivity index (χ0n) is 9.88. The molecule has 3 nitrogen and oxygen atoms in total. The predicted molar refractivity (Wildman–Crippen MR) is 69.4 cm³/mol. The number of nitrogens with zero attached hydrogens (tertiary/aromatic N) is 1. The van der Waals surface area contributed by atoms with Crippen molar-refractivity contribution in [1.29, 1.82) is 0 Å². The van der Waals surface area contributed by atoms with E-state index >= 15 is 0 Å². The summed E-state index contributed by atoms with van der Waals surface area (Å²) in [6, 6.07) is 3.69. The maximum Gasteiger partial charge on any atom is 0.227 e. The Morgan fingerprint density at radius 2 is 2.25 bits per heavy atom. The first-order valence-electron chi connectivity index (χ1n) is 5.48. The molecule has 0 aromatic carbocycles. The number of hydrogen-bond donors (Lipinski definition) is 1. The van der Waals surface area contributed by atoms with Crippen molar-refractivity contribution < 1.29 is 4.79 Å². The van der Waals surface area contributed by atoms with E-state index in [1.165, 1.54) is 0 Å². The van der Waals surface area contributed by atoms with E-state index in [0.29, 0.717) is 0 Å². The Morgan fingerprint density at radius 1 is 1.56 bits per heavy atom. The minimum absolute atomic E-state index is 0.0491. The van der Waals surface area contributed by atoms with Crippen LogP contribution in [0.1, 0.15) is 32.4 Å². The molecule has 0 aliphatic carbocycles. The zero-order valence-corrected chi connectivity index (χ0v) is 11.5. The highest BCUT2D eigenvalue weighted by Gasteiger charge is 2.13. The molecule has 0 aliphatic rings. The van der Waals surface area contributed by atoms with E-state index in [2.05, 4.69) is 33.2 Å². The standard InChI is InChI=1S/C12H17BrN2O/c1-4-5-8(2)12(16)15-10-6-7-11(13)14-9(10)3/h6-8H,4-5H2,1-3H3,(H,15,16). The summed E-state index contributed by atoms with van der Waals surface area (Å²) in [5.41, 5.74) is 1.61. The van der Waals surface area contributed by atoms with E-state index in [0.717, 1.165) is 28.8 Å². The topological polar surface area (TPSA) is 42.0 Å². The number of carbonyl (C=O) groups excluding carboxylic acids is 1.